The molecule has 3 unspecified atom stereocenters. The lowest BCUT2D eigenvalue weighted by Gasteiger charge is -2.05. The number of carbonyl (C=O) groups is 3. The Balaban J connectivity index is -0.000000261. The molecule has 0 aromatic rings. The van der Waals surface area contributed by atoms with Gasteiger partial charge in [0.2, 0.25) is 5.91 Å². The van der Waals surface area contributed by atoms with E-state index in [0.29, 0.717) is 5.57 Å². The van der Waals surface area contributed by atoms with E-state index < -0.39 is 30.3 Å². The van der Waals surface area contributed by atoms with Gasteiger partial charge >= 0.3 is 11.9 Å². The third-order valence-electron chi connectivity index (χ3n) is 1.66. The maximum Gasteiger partial charge on any atom is 0.332 e. The molecular weight excluding hydrogens is 298 g/mol. The second-order valence-corrected chi connectivity index (χ2v) is 4.37. The molecule has 9 nitrogen and oxygen atoms in total. The highest BCUT2D eigenvalue weighted by atomic mass is 16.4. The van der Waals surface area contributed by atoms with E-state index in [-0.39, 0.29) is 12.5 Å². The number of aliphatic hydroxyl groups excluding tert-OH is 3. The highest BCUT2D eigenvalue weighted by Gasteiger charge is 2.02. The predicted molar refractivity (Wildman–Crippen MR) is 78.1 cm³/mol. The highest BCUT2D eigenvalue weighted by molar-refractivity contribution is 5.92. The normalized spacial score (nSPS) is 13.0. The van der Waals surface area contributed by atoms with Crippen LogP contribution >= 0.6 is 0 Å². The third-order valence-corrected chi connectivity index (χ3v) is 1.66. The molecule has 0 aromatic heterocycles. The van der Waals surface area contributed by atoms with Gasteiger partial charge in [0.25, 0.3) is 0 Å². The topological polar surface area (TPSA) is 164 Å². The van der Waals surface area contributed by atoms with Crippen LogP contribution in [0.1, 0.15) is 27.7 Å². The Bertz CT molecular complexity index is 345. The van der Waals surface area contributed by atoms with Crippen LogP contribution in [0.5, 0.6) is 0 Å². The van der Waals surface area contributed by atoms with Crippen molar-refractivity contribution in [1.29, 1.82) is 0 Å². The summed E-state index contributed by atoms with van der Waals surface area (Å²) in [6.07, 6.45) is -2.96. The monoisotopic (exact) mass is 323 g/mol. The lowest BCUT2D eigenvalue weighted by Crippen LogP contribution is -2.30. The van der Waals surface area contributed by atoms with E-state index in [9.17, 15) is 14.4 Å². The Labute approximate surface area is 128 Å². The summed E-state index contributed by atoms with van der Waals surface area (Å²) < 4.78 is 0. The van der Waals surface area contributed by atoms with Crippen molar-refractivity contribution in [2.24, 2.45) is 0 Å². The Hall–Kier alpha value is -1.97. The van der Waals surface area contributed by atoms with Gasteiger partial charge in [-0.05, 0) is 27.7 Å². The standard InChI is InChI=1S/C7H13NO2.2C3H6O3/c1-5(2)7(10)8-4-6(3)9;2*1-2(4)3(5)6/h6,9H,1,4H2,2-3H3,(H,8,10);2*2,4H,1H3,(H,5,6). The number of carbonyl (C=O) groups excluding carboxylic acids is 1. The zero-order valence-electron chi connectivity index (χ0n) is 13.1. The minimum Gasteiger partial charge on any atom is -0.479 e. The van der Waals surface area contributed by atoms with Crippen molar-refractivity contribution in [3.05, 3.63) is 12.2 Å². The summed E-state index contributed by atoms with van der Waals surface area (Å²) in [4.78, 5) is 29.6. The van der Waals surface area contributed by atoms with Gasteiger partial charge in [-0.3, -0.25) is 4.79 Å². The maximum atomic E-state index is 10.7. The summed E-state index contributed by atoms with van der Waals surface area (Å²) >= 11 is 0. The smallest absolute Gasteiger partial charge is 0.332 e. The molecule has 0 rings (SSSR count). The van der Waals surface area contributed by atoms with E-state index in [0.717, 1.165) is 0 Å². The van der Waals surface area contributed by atoms with Crippen molar-refractivity contribution < 1.29 is 39.9 Å². The van der Waals surface area contributed by atoms with Gasteiger partial charge in [-0.25, -0.2) is 9.59 Å². The van der Waals surface area contributed by atoms with E-state index in [1.165, 1.54) is 13.8 Å². The summed E-state index contributed by atoms with van der Waals surface area (Å²) in [6, 6.07) is 0. The van der Waals surface area contributed by atoms with Crippen molar-refractivity contribution in [1.82, 2.24) is 5.32 Å². The number of carboxylic acid groups (broad SMARTS) is 2. The molecule has 0 fully saturated rings. The van der Waals surface area contributed by atoms with E-state index in [1.807, 2.05) is 0 Å². The zero-order chi connectivity index (χ0) is 18.5. The summed E-state index contributed by atoms with van der Waals surface area (Å²) in [7, 11) is 0. The molecule has 0 radical (unpaired) electrons. The van der Waals surface area contributed by atoms with Crippen LogP contribution in [0.3, 0.4) is 0 Å². The fourth-order valence-corrected chi connectivity index (χ4v) is 0.391. The van der Waals surface area contributed by atoms with E-state index in [4.69, 9.17) is 25.5 Å². The zero-order valence-corrected chi connectivity index (χ0v) is 13.1. The number of rotatable bonds is 5. The number of hydrogen-bond donors (Lipinski definition) is 6. The minimum absolute atomic E-state index is 0.207. The van der Waals surface area contributed by atoms with Gasteiger partial charge in [-0.2, -0.15) is 0 Å². The quantitative estimate of drug-likeness (QED) is 0.349. The van der Waals surface area contributed by atoms with Crippen molar-refractivity contribution in [2.45, 2.75) is 46.0 Å². The molecule has 0 bridgehead atoms. The maximum absolute atomic E-state index is 10.7. The first kappa shape index (κ1) is 25.0. The van der Waals surface area contributed by atoms with Crippen LogP contribution in [-0.2, 0) is 14.4 Å². The van der Waals surface area contributed by atoms with E-state index in [2.05, 4.69) is 11.9 Å². The van der Waals surface area contributed by atoms with Crippen molar-refractivity contribution >= 4 is 17.8 Å². The average molecular weight is 323 g/mol. The van der Waals surface area contributed by atoms with Gasteiger partial charge < -0.3 is 30.8 Å². The lowest BCUT2D eigenvalue weighted by atomic mass is 10.3. The van der Waals surface area contributed by atoms with Gasteiger partial charge in [-0.15, -0.1) is 0 Å². The summed E-state index contributed by atoms with van der Waals surface area (Å²) in [5.41, 5.74) is 0.459. The number of carboxylic acids is 2. The molecule has 22 heavy (non-hydrogen) atoms. The Morgan fingerprint density at radius 2 is 1.23 bits per heavy atom. The predicted octanol–water partition coefficient (Wildman–Crippen LogP) is -1.04. The molecule has 0 spiro atoms. The third kappa shape index (κ3) is 23.1. The molecule has 1 amide bonds. The molecule has 0 aromatic carbocycles. The fourth-order valence-electron chi connectivity index (χ4n) is 0.391. The van der Waals surface area contributed by atoms with Gasteiger partial charge in [0.15, 0.2) is 0 Å². The summed E-state index contributed by atoms with van der Waals surface area (Å²) in [6.45, 7) is 9.35. The van der Waals surface area contributed by atoms with Gasteiger partial charge in [-0.1, -0.05) is 6.58 Å². The van der Waals surface area contributed by atoms with Crippen LogP contribution in [0.25, 0.3) is 0 Å². The molecule has 0 saturated heterocycles. The SMILES string of the molecule is C=C(C)C(=O)NCC(C)O.CC(O)C(=O)O.CC(O)C(=O)O. The van der Waals surface area contributed by atoms with Crippen LogP contribution in [0.4, 0.5) is 0 Å². The van der Waals surface area contributed by atoms with Crippen LogP contribution in [0.2, 0.25) is 0 Å². The molecule has 0 heterocycles. The number of aliphatic carboxylic acids is 2. The number of hydrogen-bond acceptors (Lipinski definition) is 6. The number of amides is 1. The fraction of sp³-hybridized carbons (Fsp3) is 0.615. The second-order valence-electron chi connectivity index (χ2n) is 4.37. The van der Waals surface area contributed by atoms with Crippen LogP contribution in [0, 0.1) is 0 Å². The molecule has 0 aliphatic rings. The van der Waals surface area contributed by atoms with Gasteiger partial charge in [0.05, 0.1) is 6.10 Å². The lowest BCUT2D eigenvalue weighted by molar-refractivity contribution is -0.146. The van der Waals surface area contributed by atoms with Crippen molar-refractivity contribution in [3.63, 3.8) is 0 Å². The molecular formula is C13H25NO8. The van der Waals surface area contributed by atoms with Crippen LogP contribution in [0.15, 0.2) is 12.2 Å². The van der Waals surface area contributed by atoms with E-state index >= 15 is 0 Å². The Morgan fingerprint density at radius 1 is 0.955 bits per heavy atom. The molecule has 0 saturated carbocycles. The molecule has 9 heteroatoms. The van der Waals surface area contributed by atoms with Gasteiger partial charge in [0, 0.05) is 12.1 Å². The van der Waals surface area contributed by atoms with Crippen LogP contribution < -0.4 is 5.32 Å². The molecule has 130 valence electrons. The summed E-state index contributed by atoms with van der Waals surface area (Å²) in [5.74, 6) is -2.58. The second kappa shape index (κ2) is 14.0. The number of aliphatic hydroxyl groups is 3. The number of nitrogens with one attached hydrogen (secondary N) is 1. The molecule has 3 atom stereocenters. The highest BCUT2D eigenvalue weighted by Crippen LogP contribution is 1.85. The molecule has 0 aliphatic carbocycles. The van der Waals surface area contributed by atoms with Crippen molar-refractivity contribution in [3.8, 4) is 0 Å². The minimum atomic E-state index is -1.23. The van der Waals surface area contributed by atoms with E-state index in [1.54, 1.807) is 13.8 Å². The Morgan fingerprint density at radius 3 is 1.36 bits per heavy atom. The first-order chi connectivity index (χ1) is 9.82. The average Bonchev–Trinajstić information content (AvgIpc) is 2.36. The molecule has 0 aliphatic heterocycles. The van der Waals surface area contributed by atoms with Crippen LogP contribution in [-0.4, -0.2) is 68.2 Å². The first-order valence-corrected chi connectivity index (χ1v) is 6.26. The first-order valence-electron chi connectivity index (χ1n) is 6.26. The Kier molecular flexibility index (Phi) is 15.9. The van der Waals surface area contributed by atoms with Gasteiger partial charge in [0.1, 0.15) is 12.2 Å². The summed E-state index contributed by atoms with van der Waals surface area (Å²) in [5, 5.41) is 42.8. The molecule has 6 N–H and O–H groups in total. The van der Waals surface area contributed by atoms with Crippen molar-refractivity contribution in [2.75, 3.05) is 6.54 Å². The largest absolute Gasteiger partial charge is 0.479 e.